The van der Waals surface area contributed by atoms with Crippen LogP contribution in [0.4, 0.5) is 10.5 Å². The van der Waals surface area contributed by atoms with Crippen LogP contribution >= 0.6 is 11.3 Å². The van der Waals surface area contributed by atoms with Crippen molar-refractivity contribution in [2.45, 2.75) is 39.0 Å². The lowest BCUT2D eigenvalue weighted by Gasteiger charge is -2.29. The van der Waals surface area contributed by atoms with E-state index < -0.39 is 0 Å². The third kappa shape index (κ3) is 7.26. The normalized spacial score (nSPS) is 14.7. The minimum Gasteiger partial charge on any atom is -0.497 e. The molecule has 1 N–H and O–H groups in total. The second-order valence-corrected chi connectivity index (χ2v) is 10.3. The van der Waals surface area contributed by atoms with Gasteiger partial charge in [-0.25, -0.2) is 4.79 Å². The molecule has 4 rings (SSSR count). The summed E-state index contributed by atoms with van der Waals surface area (Å²) in [5, 5.41) is 4.95. The Hall–Kier alpha value is -3.56. The molecule has 1 aliphatic heterocycles. The Morgan fingerprint density at radius 2 is 1.87 bits per heavy atom. The van der Waals surface area contributed by atoms with Crippen LogP contribution in [0.1, 0.15) is 28.8 Å². The van der Waals surface area contributed by atoms with E-state index in [0.29, 0.717) is 43.4 Å². The number of thiophene rings is 1. The van der Waals surface area contributed by atoms with Crippen LogP contribution < -0.4 is 14.8 Å². The van der Waals surface area contributed by atoms with Crippen LogP contribution in [0.25, 0.3) is 0 Å². The van der Waals surface area contributed by atoms with Gasteiger partial charge in [0.25, 0.3) is 0 Å². The van der Waals surface area contributed by atoms with E-state index in [2.05, 4.69) is 18.3 Å². The first-order valence-electron chi connectivity index (χ1n) is 12.7. The van der Waals surface area contributed by atoms with Crippen molar-refractivity contribution in [1.29, 1.82) is 0 Å². The maximum Gasteiger partial charge on any atom is 0.322 e. The van der Waals surface area contributed by atoms with Gasteiger partial charge in [-0.1, -0.05) is 30.3 Å². The van der Waals surface area contributed by atoms with E-state index in [0.717, 1.165) is 28.8 Å². The van der Waals surface area contributed by atoms with Crippen molar-refractivity contribution in [1.82, 2.24) is 9.80 Å². The fraction of sp³-hybridized carbons (Fsp3) is 0.379. The Balaban J connectivity index is 1.54. The van der Waals surface area contributed by atoms with Crippen molar-refractivity contribution >= 4 is 29.0 Å². The number of anilines is 1. The number of aryl methyl sites for hydroxylation is 1. The number of carbonyl (C=O) groups excluding carboxylic acids is 2. The van der Waals surface area contributed by atoms with E-state index in [4.69, 9.17) is 14.2 Å². The molecular formula is C29H35N3O5S. The summed E-state index contributed by atoms with van der Waals surface area (Å²) in [5.41, 5.74) is 2.69. The lowest BCUT2D eigenvalue weighted by Crippen LogP contribution is -2.46. The van der Waals surface area contributed by atoms with Crippen molar-refractivity contribution in [3.63, 3.8) is 0 Å². The van der Waals surface area contributed by atoms with Crippen molar-refractivity contribution in [3.8, 4) is 11.5 Å². The molecule has 1 saturated heterocycles. The molecular weight excluding hydrogens is 502 g/mol. The summed E-state index contributed by atoms with van der Waals surface area (Å²) in [4.78, 5) is 31.8. The van der Waals surface area contributed by atoms with Gasteiger partial charge in [0, 0.05) is 30.6 Å². The van der Waals surface area contributed by atoms with Crippen LogP contribution in [0, 0.1) is 6.92 Å². The van der Waals surface area contributed by atoms with E-state index in [9.17, 15) is 9.59 Å². The smallest absolute Gasteiger partial charge is 0.322 e. The SMILES string of the molecule is COc1ccc(NC(=O)N(CC(=O)N(Cc2ccccc2)Cc2sccc2C)CC2CCCO2)c(OC)c1. The number of hydrogen-bond donors (Lipinski definition) is 1. The molecule has 0 bridgehead atoms. The van der Waals surface area contributed by atoms with Crippen LogP contribution in [-0.2, 0) is 22.6 Å². The fourth-order valence-electron chi connectivity index (χ4n) is 4.39. The Morgan fingerprint density at radius 3 is 2.53 bits per heavy atom. The first-order chi connectivity index (χ1) is 18.5. The lowest BCUT2D eigenvalue weighted by atomic mass is 10.2. The molecule has 0 spiro atoms. The average molecular weight is 538 g/mol. The van der Waals surface area contributed by atoms with Gasteiger partial charge in [-0.2, -0.15) is 0 Å². The molecule has 3 aromatic rings. The van der Waals surface area contributed by atoms with E-state index in [1.807, 2.05) is 40.6 Å². The molecule has 0 radical (unpaired) electrons. The highest BCUT2D eigenvalue weighted by Gasteiger charge is 2.27. The van der Waals surface area contributed by atoms with Crippen LogP contribution in [-0.4, -0.2) is 61.8 Å². The summed E-state index contributed by atoms with van der Waals surface area (Å²) < 4.78 is 16.5. The Kier molecular flexibility index (Phi) is 9.62. The number of nitrogens with one attached hydrogen (secondary N) is 1. The highest BCUT2D eigenvalue weighted by Crippen LogP contribution is 2.29. The number of ether oxygens (including phenoxy) is 3. The predicted molar refractivity (Wildman–Crippen MR) is 149 cm³/mol. The zero-order valence-electron chi connectivity index (χ0n) is 22.1. The molecule has 38 heavy (non-hydrogen) atoms. The molecule has 1 aromatic heterocycles. The third-order valence-corrected chi connectivity index (χ3v) is 7.59. The van der Waals surface area contributed by atoms with Gasteiger partial charge in [0.15, 0.2) is 0 Å². The number of amides is 3. The number of nitrogens with zero attached hydrogens (tertiary/aromatic N) is 2. The zero-order chi connectivity index (χ0) is 26.9. The van der Waals surface area contributed by atoms with Gasteiger partial charge >= 0.3 is 6.03 Å². The van der Waals surface area contributed by atoms with E-state index >= 15 is 0 Å². The van der Waals surface area contributed by atoms with Crippen LogP contribution in [0.2, 0.25) is 0 Å². The second-order valence-electron chi connectivity index (χ2n) is 9.27. The highest BCUT2D eigenvalue weighted by molar-refractivity contribution is 7.10. The molecule has 1 fully saturated rings. The Bertz CT molecular complexity index is 1210. The van der Waals surface area contributed by atoms with Crippen molar-refractivity contribution in [3.05, 3.63) is 76.0 Å². The maximum atomic E-state index is 13.8. The minimum atomic E-state index is -0.385. The molecule has 1 aliphatic rings. The first-order valence-corrected chi connectivity index (χ1v) is 13.6. The quantitative estimate of drug-likeness (QED) is 0.358. The summed E-state index contributed by atoms with van der Waals surface area (Å²) in [7, 11) is 3.10. The number of benzene rings is 2. The molecule has 3 amide bonds. The fourth-order valence-corrected chi connectivity index (χ4v) is 5.31. The molecule has 2 heterocycles. The summed E-state index contributed by atoms with van der Waals surface area (Å²) in [5.74, 6) is 0.961. The summed E-state index contributed by atoms with van der Waals surface area (Å²) >= 11 is 1.64. The van der Waals surface area contributed by atoms with E-state index in [1.54, 1.807) is 41.5 Å². The minimum absolute atomic E-state index is 0.0680. The number of hydrogen-bond acceptors (Lipinski definition) is 6. The van der Waals surface area contributed by atoms with Crippen molar-refractivity contribution in [2.75, 3.05) is 39.2 Å². The topological polar surface area (TPSA) is 80.3 Å². The van der Waals surface area contributed by atoms with Gasteiger partial charge in [-0.15, -0.1) is 11.3 Å². The largest absolute Gasteiger partial charge is 0.497 e. The van der Waals surface area contributed by atoms with Gasteiger partial charge in [0.1, 0.15) is 18.0 Å². The molecule has 9 heteroatoms. The number of carbonyl (C=O) groups is 2. The van der Waals surface area contributed by atoms with Crippen molar-refractivity contribution < 1.29 is 23.8 Å². The average Bonchev–Trinajstić information content (AvgIpc) is 3.60. The predicted octanol–water partition coefficient (Wildman–Crippen LogP) is 5.32. The van der Waals surface area contributed by atoms with Gasteiger partial charge < -0.3 is 29.3 Å². The van der Waals surface area contributed by atoms with E-state index in [1.165, 1.54) is 7.11 Å². The van der Waals surface area contributed by atoms with Crippen molar-refractivity contribution in [2.24, 2.45) is 0 Å². The van der Waals surface area contributed by atoms with Crippen LogP contribution in [0.5, 0.6) is 11.5 Å². The maximum absolute atomic E-state index is 13.8. The van der Waals surface area contributed by atoms with E-state index in [-0.39, 0.29) is 24.6 Å². The summed E-state index contributed by atoms with van der Waals surface area (Å²) in [6, 6.07) is 16.8. The monoisotopic (exact) mass is 537 g/mol. The zero-order valence-corrected chi connectivity index (χ0v) is 23.0. The van der Waals surface area contributed by atoms with Gasteiger partial charge in [0.2, 0.25) is 5.91 Å². The number of rotatable bonds is 11. The Labute approximate surface area is 228 Å². The molecule has 1 unspecified atom stereocenters. The molecule has 2 aromatic carbocycles. The molecule has 8 nitrogen and oxygen atoms in total. The second kappa shape index (κ2) is 13.3. The third-order valence-electron chi connectivity index (χ3n) is 6.58. The van der Waals surface area contributed by atoms with Gasteiger partial charge in [-0.05, 0) is 54.5 Å². The number of methoxy groups -OCH3 is 2. The molecule has 0 aliphatic carbocycles. The first kappa shape index (κ1) is 27.5. The molecule has 0 saturated carbocycles. The van der Waals surface area contributed by atoms with Gasteiger partial charge in [-0.3, -0.25) is 4.79 Å². The van der Waals surface area contributed by atoms with Gasteiger partial charge in [0.05, 0.1) is 32.6 Å². The lowest BCUT2D eigenvalue weighted by molar-refractivity contribution is -0.133. The van der Waals surface area contributed by atoms with Crippen LogP contribution in [0.15, 0.2) is 60.0 Å². The van der Waals surface area contributed by atoms with Crippen LogP contribution in [0.3, 0.4) is 0 Å². The standard InChI is InChI=1S/C29H35N3O5S/c1-21-13-15-38-27(21)19-31(17-22-8-5-4-6-9-22)28(33)20-32(18-24-10-7-14-37-24)29(34)30-25-12-11-23(35-2)16-26(25)36-3/h4-6,8-9,11-13,15-16,24H,7,10,14,17-20H2,1-3H3,(H,30,34). The summed E-state index contributed by atoms with van der Waals surface area (Å²) in [6.45, 7) is 3.92. The molecule has 1 atom stereocenters. The number of urea groups is 1. The Morgan fingerprint density at radius 1 is 1.05 bits per heavy atom. The highest BCUT2D eigenvalue weighted by atomic mass is 32.1. The molecule has 202 valence electrons. The summed E-state index contributed by atoms with van der Waals surface area (Å²) in [6.07, 6.45) is 1.69.